The number of aliphatic hydroxyl groups excluding tert-OH is 2. The SMILES string of the molecule is CNCCC(O)C(O)c1cc(C(C)=O)ccc1F. The lowest BCUT2D eigenvalue weighted by atomic mass is 9.98. The second-order valence-corrected chi connectivity index (χ2v) is 4.20. The van der Waals surface area contributed by atoms with Crippen LogP contribution in [0.3, 0.4) is 0 Å². The minimum atomic E-state index is -1.34. The average molecular weight is 255 g/mol. The van der Waals surface area contributed by atoms with E-state index in [0.717, 1.165) is 6.07 Å². The zero-order valence-corrected chi connectivity index (χ0v) is 10.5. The van der Waals surface area contributed by atoms with Gasteiger partial charge in [-0.15, -0.1) is 0 Å². The fraction of sp³-hybridized carbons (Fsp3) is 0.462. The lowest BCUT2D eigenvalue weighted by Gasteiger charge is -2.19. The van der Waals surface area contributed by atoms with Gasteiger partial charge in [0.25, 0.3) is 0 Å². The number of carbonyl (C=O) groups is 1. The van der Waals surface area contributed by atoms with Crippen LogP contribution in [0.2, 0.25) is 0 Å². The number of hydrogen-bond donors (Lipinski definition) is 3. The van der Waals surface area contributed by atoms with E-state index >= 15 is 0 Å². The standard InChI is InChI=1S/C13H18FNO3/c1-8(16)9-3-4-11(14)10(7-9)13(18)12(17)5-6-15-2/h3-4,7,12-13,15,17-18H,5-6H2,1-2H3. The van der Waals surface area contributed by atoms with Crippen LogP contribution in [0.1, 0.15) is 35.4 Å². The summed E-state index contributed by atoms with van der Waals surface area (Å²) in [5.41, 5.74) is 0.262. The molecule has 1 aromatic carbocycles. The highest BCUT2D eigenvalue weighted by atomic mass is 19.1. The van der Waals surface area contributed by atoms with Crippen molar-refractivity contribution in [3.63, 3.8) is 0 Å². The fourth-order valence-corrected chi connectivity index (χ4v) is 1.65. The molecule has 0 fully saturated rings. The fourth-order valence-electron chi connectivity index (χ4n) is 1.65. The van der Waals surface area contributed by atoms with E-state index in [1.165, 1.54) is 19.1 Å². The highest BCUT2D eigenvalue weighted by Gasteiger charge is 2.22. The summed E-state index contributed by atoms with van der Waals surface area (Å²) < 4.78 is 13.6. The first kappa shape index (κ1) is 14.8. The topological polar surface area (TPSA) is 69.6 Å². The van der Waals surface area contributed by atoms with Crippen molar-refractivity contribution in [2.45, 2.75) is 25.6 Å². The Kier molecular flexibility index (Phi) is 5.40. The Hall–Kier alpha value is -1.30. The lowest BCUT2D eigenvalue weighted by molar-refractivity contribution is 0.0120. The third-order valence-corrected chi connectivity index (χ3v) is 2.78. The number of nitrogens with one attached hydrogen (secondary N) is 1. The van der Waals surface area contributed by atoms with E-state index in [-0.39, 0.29) is 11.3 Å². The van der Waals surface area contributed by atoms with Gasteiger partial charge in [0.05, 0.1) is 6.10 Å². The highest BCUT2D eigenvalue weighted by Crippen LogP contribution is 2.23. The van der Waals surface area contributed by atoms with Gasteiger partial charge in [-0.2, -0.15) is 0 Å². The maximum atomic E-state index is 13.6. The lowest BCUT2D eigenvalue weighted by Crippen LogP contribution is -2.24. The number of halogens is 1. The van der Waals surface area contributed by atoms with Gasteiger partial charge in [-0.05, 0) is 45.1 Å². The van der Waals surface area contributed by atoms with Crippen molar-refractivity contribution in [2.75, 3.05) is 13.6 Å². The minimum absolute atomic E-state index is 0.0497. The predicted molar refractivity (Wildman–Crippen MR) is 65.9 cm³/mol. The molecule has 5 heteroatoms. The van der Waals surface area contributed by atoms with Crippen LogP contribution in [0.4, 0.5) is 4.39 Å². The van der Waals surface area contributed by atoms with Crippen LogP contribution < -0.4 is 5.32 Å². The van der Waals surface area contributed by atoms with Gasteiger partial charge in [0.2, 0.25) is 0 Å². The third kappa shape index (κ3) is 3.60. The van der Waals surface area contributed by atoms with Crippen LogP contribution >= 0.6 is 0 Å². The van der Waals surface area contributed by atoms with Crippen molar-refractivity contribution >= 4 is 5.78 Å². The molecule has 4 nitrogen and oxygen atoms in total. The molecule has 0 saturated carbocycles. The van der Waals surface area contributed by atoms with Crippen LogP contribution in [0.5, 0.6) is 0 Å². The molecule has 0 spiro atoms. The number of Topliss-reactive ketones (excluding diaryl/α,β-unsaturated/α-hetero) is 1. The van der Waals surface area contributed by atoms with E-state index in [1.807, 2.05) is 0 Å². The Bertz CT molecular complexity index is 423. The second-order valence-electron chi connectivity index (χ2n) is 4.20. The van der Waals surface area contributed by atoms with Crippen LogP contribution in [0.25, 0.3) is 0 Å². The summed E-state index contributed by atoms with van der Waals surface area (Å²) in [4.78, 5) is 11.2. The van der Waals surface area contributed by atoms with Crippen molar-refractivity contribution < 1.29 is 19.4 Å². The minimum Gasteiger partial charge on any atom is -0.390 e. The zero-order chi connectivity index (χ0) is 13.7. The van der Waals surface area contributed by atoms with Gasteiger partial charge in [-0.25, -0.2) is 4.39 Å². The number of hydrogen-bond acceptors (Lipinski definition) is 4. The predicted octanol–water partition coefficient (Wildman–Crippen LogP) is 1.03. The molecular formula is C13H18FNO3. The number of rotatable bonds is 6. The molecule has 3 N–H and O–H groups in total. The van der Waals surface area contributed by atoms with Crippen molar-refractivity contribution in [1.82, 2.24) is 5.32 Å². The Morgan fingerprint density at radius 3 is 2.67 bits per heavy atom. The van der Waals surface area contributed by atoms with E-state index in [2.05, 4.69) is 5.32 Å². The van der Waals surface area contributed by atoms with Crippen LogP contribution in [0.15, 0.2) is 18.2 Å². The van der Waals surface area contributed by atoms with E-state index in [4.69, 9.17) is 0 Å². The molecule has 0 aliphatic carbocycles. The summed E-state index contributed by atoms with van der Waals surface area (Å²) in [6.45, 7) is 1.87. The molecule has 0 aliphatic heterocycles. The number of aliphatic hydroxyl groups is 2. The first-order valence-electron chi connectivity index (χ1n) is 5.78. The first-order chi connectivity index (χ1) is 8.47. The molecule has 1 rings (SSSR count). The van der Waals surface area contributed by atoms with Gasteiger partial charge in [-0.3, -0.25) is 4.79 Å². The highest BCUT2D eigenvalue weighted by molar-refractivity contribution is 5.94. The van der Waals surface area contributed by atoms with Gasteiger partial charge >= 0.3 is 0 Å². The summed E-state index contributed by atoms with van der Waals surface area (Å²) in [5.74, 6) is -0.843. The van der Waals surface area contributed by atoms with Crippen molar-refractivity contribution in [3.8, 4) is 0 Å². The molecule has 18 heavy (non-hydrogen) atoms. The maximum absolute atomic E-state index is 13.6. The second kappa shape index (κ2) is 6.58. The van der Waals surface area contributed by atoms with Crippen LogP contribution in [-0.2, 0) is 0 Å². The normalized spacial score (nSPS) is 14.3. The third-order valence-electron chi connectivity index (χ3n) is 2.78. The molecule has 0 heterocycles. The monoisotopic (exact) mass is 255 g/mol. The number of carbonyl (C=O) groups excluding carboxylic acids is 1. The molecule has 2 unspecified atom stereocenters. The zero-order valence-electron chi connectivity index (χ0n) is 10.5. The van der Waals surface area contributed by atoms with Crippen molar-refractivity contribution in [2.24, 2.45) is 0 Å². The molecule has 2 atom stereocenters. The van der Waals surface area contributed by atoms with Crippen LogP contribution in [0, 0.1) is 5.82 Å². The molecule has 0 aromatic heterocycles. The van der Waals surface area contributed by atoms with Gasteiger partial charge in [-0.1, -0.05) is 0 Å². The van der Waals surface area contributed by atoms with E-state index < -0.39 is 18.0 Å². The smallest absolute Gasteiger partial charge is 0.159 e. The number of ketones is 1. The molecule has 100 valence electrons. The van der Waals surface area contributed by atoms with Gasteiger partial charge in [0.15, 0.2) is 5.78 Å². The summed E-state index contributed by atoms with van der Waals surface area (Å²) in [6, 6.07) is 3.76. The molecule has 0 saturated heterocycles. The Labute approximate surface area is 105 Å². The molecule has 1 aromatic rings. The molecule has 0 amide bonds. The summed E-state index contributed by atoms with van der Waals surface area (Å²) >= 11 is 0. The van der Waals surface area contributed by atoms with Crippen LogP contribution in [-0.4, -0.2) is 35.7 Å². The Morgan fingerprint density at radius 2 is 2.11 bits per heavy atom. The average Bonchev–Trinajstić information content (AvgIpc) is 2.35. The summed E-state index contributed by atoms with van der Waals surface area (Å²) in [5, 5.41) is 22.4. The van der Waals surface area contributed by atoms with E-state index in [1.54, 1.807) is 7.05 Å². The molecule has 0 bridgehead atoms. The van der Waals surface area contributed by atoms with Gasteiger partial charge in [0.1, 0.15) is 11.9 Å². The van der Waals surface area contributed by atoms with E-state index in [0.29, 0.717) is 18.5 Å². The Balaban J connectivity index is 2.93. The summed E-state index contributed by atoms with van der Waals surface area (Å²) in [6.07, 6.45) is -2.12. The quantitative estimate of drug-likeness (QED) is 0.664. The van der Waals surface area contributed by atoms with Crippen molar-refractivity contribution in [1.29, 1.82) is 0 Å². The number of benzene rings is 1. The van der Waals surface area contributed by atoms with E-state index in [9.17, 15) is 19.4 Å². The first-order valence-corrected chi connectivity index (χ1v) is 5.78. The van der Waals surface area contributed by atoms with Crippen molar-refractivity contribution in [3.05, 3.63) is 35.1 Å². The van der Waals surface area contributed by atoms with Gasteiger partial charge in [0, 0.05) is 11.1 Å². The summed E-state index contributed by atoms with van der Waals surface area (Å²) in [7, 11) is 1.72. The largest absolute Gasteiger partial charge is 0.390 e. The molecule has 0 aliphatic rings. The maximum Gasteiger partial charge on any atom is 0.159 e. The molecular weight excluding hydrogens is 237 g/mol. The Morgan fingerprint density at radius 1 is 1.44 bits per heavy atom. The van der Waals surface area contributed by atoms with Gasteiger partial charge < -0.3 is 15.5 Å². The molecule has 0 radical (unpaired) electrons.